The molecule has 0 aliphatic rings. The fourth-order valence-corrected chi connectivity index (χ4v) is 1.32. The molecule has 0 heterocycles. The third-order valence-corrected chi connectivity index (χ3v) is 2.10. The van der Waals surface area contributed by atoms with Crippen molar-refractivity contribution >= 4 is 11.6 Å². The molecule has 0 radical (unpaired) electrons. The minimum Gasteiger partial charge on any atom is -0.406 e. The molecule has 1 rings (SSSR count). The maximum atomic E-state index is 11.9. The van der Waals surface area contributed by atoms with E-state index in [-0.39, 0.29) is 24.6 Å². The van der Waals surface area contributed by atoms with Gasteiger partial charge in [-0.1, -0.05) is 5.11 Å². The summed E-state index contributed by atoms with van der Waals surface area (Å²) >= 11 is 0. The van der Waals surface area contributed by atoms with E-state index in [0.717, 1.165) is 12.1 Å². The summed E-state index contributed by atoms with van der Waals surface area (Å²) in [5.41, 5.74) is 8.39. The Kier molecular flexibility index (Phi) is 5.67. The van der Waals surface area contributed by atoms with Crippen LogP contribution in [-0.2, 0) is 4.79 Å². The highest BCUT2D eigenvalue weighted by molar-refractivity contribution is 5.90. The number of benzene rings is 1. The number of ether oxygens (including phenoxy) is 1. The Hall–Kier alpha value is -2.41. The van der Waals surface area contributed by atoms with Crippen LogP contribution in [0.2, 0.25) is 0 Å². The van der Waals surface area contributed by atoms with Crippen LogP contribution in [0.25, 0.3) is 10.4 Å². The van der Waals surface area contributed by atoms with Gasteiger partial charge >= 0.3 is 6.36 Å². The standard InChI is InChI=1S/C11H11F3N4O2/c12-11(13,14)20-9-5-3-8(4-6-9)17-10(19)2-1-7-16-18-15/h3-6H,1-2,7H2,(H,17,19). The van der Waals surface area contributed by atoms with E-state index >= 15 is 0 Å². The Bertz CT molecular complexity index is 495. The SMILES string of the molecule is [N-]=[N+]=NCCCC(=O)Nc1ccc(OC(F)(F)F)cc1. The van der Waals surface area contributed by atoms with Gasteiger partial charge < -0.3 is 10.1 Å². The minimum atomic E-state index is -4.74. The van der Waals surface area contributed by atoms with Crippen molar-refractivity contribution in [2.24, 2.45) is 5.11 Å². The number of alkyl halides is 3. The lowest BCUT2D eigenvalue weighted by Gasteiger charge is -2.09. The summed E-state index contributed by atoms with van der Waals surface area (Å²) < 4.78 is 39.5. The number of anilines is 1. The number of carbonyl (C=O) groups is 1. The zero-order valence-electron chi connectivity index (χ0n) is 10.2. The summed E-state index contributed by atoms with van der Waals surface area (Å²) in [5.74, 6) is -0.679. The number of azide groups is 1. The molecular formula is C11H11F3N4O2. The van der Waals surface area contributed by atoms with E-state index in [9.17, 15) is 18.0 Å². The van der Waals surface area contributed by atoms with Gasteiger partial charge in [-0.05, 0) is 36.2 Å². The first kappa shape index (κ1) is 15.6. The van der Waals surface area contributed by atoms with Gasteiger partial charge in [0, 0.05) is 23.6 Å². The van der Waals surface area contributed by atoms with Gasteiger partial charge in [-0.3, -0.25) is 4.79 Å². The van der Waals surface area contributed by atoms with Crippen molar-refractivity contribution < 1.29 is 22.7 Å². The number of amides is 1. The first-order valence-corrected chi connectivity index (χ1v) is 5.57. The van der Waals surface area contributed by atoms with Crippen molar-refractivity contribution in [3.8, 4) is 5.75 Å². The number of hydrogen-bond acceptors (Lipinski definition) is 3. The summed E-state index contributed by atoms with van der Waals surface area (Å²) in [6.45, 7) is 0.211. The molecule has 1 aromatic carbocycles. The Balaban J connectivity index is 2.44. The first-order chi connectivity index (χ1) is 9.40. The van der Waals surface area contributed by atoms with E-state index in [1.54, 1.807) is 0 Å². The summed E-state index contributed by atoms with van der Waals surface area (Å²) in [4.78, 5) is 14.0. The molecule has 1 amide bonds. The van der Waals surface area contributed by atoms with Gasteiger partial charge in [-0.15, -0.1) is 13.2 Å². The van der Waals surface area contributed by atoms with Crippen LogP contribution >= 0.6 is 0 Å². The van der Waals surface area contributed by atoms with Crippen LogP contribution in [-0.4, -0.2) is 18.8 Å². The van der Waals surface area contributed by atoms with E-state index in [0.29, 0.717) is 12.1 Å². The topological polar surface area (TPSA) is 87.1 Å². The summed E-state index contributed by atoms with van der Waals surface area (Å²) in [5, 5.41) is 5.77. The lowest BCUT2D eigenvalue weighted by molar-refractivity contribution is -0.274. The molecule has 0 spiro atoms. The molecule has 1 N–H and O–H groups in total. The second-order valence-electron chi connectivity index (χ2n) is 3.68. The number of hydrogen-bond donors (Lipinski definition) is 1. The predicted molar refractivity (Wildman–Crippen MR) is 65.0 cm³/mol. The average molecular weight is 288 g/mol. The van der Waals surface area contributed by atoms with E-state index in [2.05, 4.69) is 20.1 Å². The summed E-state index contributed by atoms with van der Waals surface area (Å²) in [7, 11) is 0. The number of halogens is 3. The molecule has 0 saturated heterocycles. The van der Waals surface area contributed by atoms with E-state index in [4.69, 9.17) is 5.53 Å². The Labute approximate surface area is 112 Å². The highest BCUT2D eigenvalue weighted by Crippen LogP contribution is 2.23. The normalized spacial score (nSPS) is 10.6. The number of carbonyl (C=O) groups excluding carboxylic acids is 1. The van der Waals surface area contributed by atoms with Crippen LogP contribution in [0.3, 0.4) is 0 Å². The van der Waals surface area contributed by atoms with Crippen LogP contribution in [0, 0.1) is 0 Å². The van der Waals surface area contributed by atoms with Gasteiger partial charge in [0.1, 0.15) is 5.75 Å². The van der Waals surface area contributed by atoms with E-state index in [1.165, 1.54) is 12.1 Å². The van der Waals surface area contributed by atoms with Gasteiger partial charge in [0.05, 0.1) is 0 Å². The maximum absolute atomic E-state index is 11.9. The van der Waals surface area contributed by atoms with Gasteiger partial charge in [-0.2, -0.15) is 0 Å². The zero-order chi connectivity index (χ0) is 15.0. The molecular weight excluding hydrogens is 277 g/mol. The minimum absolute atomic E-state index is 0.153. The predicted octanol–water partition coefficient (Wildman–Crippen LogP) is 3.61. The highest BCUT2D eigenvalue weighted by Gasteiger charge is 2.30. The number of rotatable bonds is 6. The fourth-order valence-electron chi connectivity index (χ4n) is 1.32. The molecule has 0 aliphatic heterocycles. The average Bonchev–Trinajstić information content (AvgIpc) is 2.35. The lowest BCUT2D eigenvalue weighted by atomic mass is 10.2. The Morgan fingerprint density at radius 2 is 2.00 bits per heavy atom. The van der Waals surface area contributed by atoms with Crippen molar-refractivity contribution in [3.63, 3.8) is 0 Å². The summed E-state index contributed by atoms with van der Waals surface area (Å²) in [6.07, 6.45) is -4.20. The van der Waals surface area contributed by atoms with Crippen molar-refractivity contribution in [2.75, 3.05) is 11.9 Å². The van der Waals surface area contributed by atoms with Gasteiger partial charge in [0.15, 0.2) is 0 Å². The van der Waals surface area contributed by atoms with Crippen molar-refractivity contribution in [3.05, 3.63) is 34.7 Å². The third-order valence-electron chi connectivity index (χ3n) is 2.10. The molecule has 9 heteroatoms. The van der Waals surface area contributed by atoms with Crippen LogP contribution in [0.1, 0.15) is 12.8 Å². The monoisotopic (exact) mass is 288 g/mol. The number of nitrogens with zero attached hydrogens (tertiary/aromatic N) is 3. The Morgan fingerprint density at radius 3 is 2.55 bits per heavy atom. The molecule has 0 saturated carbocycles. The van der Waals surface area contributed by atoms with Crippen molar-refractivity contribution in [1.82, 2.24) is 0 Å². The zero-order valence-corrected chi connectivity index (χ0v) is 10.2. The van der Waals surface area contributed by atoms with Crippen molar-refractivity contribution in [2.45, 2.75) is 19.2 Å². The van der Waals surface area contributed by atoms with Crippen LogP contribution < -0.4 is 10.1 Å². The van der Waals surface area contributed by atoms with E-state index in [1.807, 2.05) is 0 Å². The Morgan fingerprint density at radius 1 is 1.35 bits per heavy atom. The lowest BCUT2D eigenvalue weighted by Crippen LogP contribution is -2.17. The second kappa shape index (κ2) is 7.25. The third kappa shape index (κ3) is 6.50. The molecule has 20 heavy (non-hydrogen) atoms. The fraction of sp³-hybridized carbons (Fsp3) is 0.364. The first-order valence-electron chi connectivity index (χ1n) is 5.57. The second-order valence-corrected chi connectivity index (χ2v) is 3.68. The molecule has 108 valence electrons. The molecule has 0 aliphatic carbocycles. The molecule has 1 aromatic rings. The van der Waals surface area contributed by atoms with E-state index < -0.39 is 6.36 Å². The summed E-state index contributed by atoms with van der Waals surface area (Å²) in [6, 6.07) is 4.80. The maximum Gasteiger partial charge on any atom is 0.573 e. The van der Waals surface area contributed by atoms with Gasteiger partial charge in [0.25, 0.3) is 0 Å². The molecule has 0 bridgehead atoms. The number of nitrogens with one attached hydrogen (secondary N) is 1. The van der Waals surface area contributed by atoms with Gasteiger partial charge in [0.2, 0.25) is 5.91 Å². The molecule has 0 unspecified atom stereocenters. The molecule has 6 nitrogen and oxygen atoms in total. The molecule has 0 aromatic heterocycles. The largest absolute Gasteiger partial charge is 0.573 e. The van der Waals surface area contributed by atoms with Crippen molar-refractivity contribution in [1.29, 1.82) is 0 Å². The quantitative estimate of drug-likeness (QED) is 0.375. The molecule has 0 fully saturated rings. The molecule has 0 atom stereocenters. The van der Waals surface area contributed by atoms with Crippen LogP contribution in [0.4, 0.5) is 18.9 Å². The van der Waals surface area contributed by atoms with Crippen LogP contribution in [0.5, 0.6) is 5.75 Å². The highest BCUT2D eigenvalue weighted by atomic mass is 19.4. The van der Waals surface area contributed by atoms with Crippen LogP contribution in [0.15, 0.2) is 29.4 Å². The van der Waals surface area contributed by atoms with Gasteiger partial charge in [-0.25, -0.2) is 0 Å². The smallest absolute Gasteiger partial charge is 0.406 e.